The number of ether oxygens (including phenoxy) is 2. The number of esters is 1. The molecule has 0 radical (unpaired) electrons. The summed E-state index contributed by atoms with van der Waals surface area (Å²) in [7, 11) is 0. The van der Waals surface area contributed by atoms with Crippen molar-refractivity contribution < 1.29 is 14.3 Å². The second-order valence-corrected chi connectivity index (χ2v) is 7.68. The van der Waals surface area contributed by atoms with Gasteiger partial charge in [-0.05, 0) is 84.6 Å². The SMILES string of the molecule is CCOC(=O)c1ccc(/C=C(\C#N)c2ccc(OCCCC#N)cc2)cc1-c1ccc(N)cc1N. The molecule has 4 N–H and O–H groups in total. The fourth-order valence-corrected chi connectivity index (χ4v) is 3.51. The topological polar surface area (TPSA) is 135 Å². The minimum Gasteiger partial charge on any atom is -0.494 e. The lowest BCUT2D eigenvalue weighted by Crippen LogP contribution is -2.07. The Kier molecular flexibility index (Phi) is 8.48. The number of nitriles is 2. The van der Waals surface area contributed by atoms with E-state index in [1.807, 2.05) is 0 Å². The minimum absolute atomic E-state index is 0.244. The summed E-state index contributed by atoms with van der Waals surface area (Å²) in [6.07, 6.45) is 2.84. The first-order valence-electron chi connectivity index (χ1n) is 11.1. The lowest BCUT2D eigenvalue weighted by molar-refractivity contribution is 0.0527. The number of nitrogens with two attached hydrogens (primary N) is 2. The summed E-state index contributed by atoms with van der Waals surface area (Å²) in [5.41, 5.74) is 16.5. The van der Waals surface area contributed by atoms with Crippen molar-refractivity contribution in [2.24, 2.45) is 0 Å². The van der Waals surface area contributed by atoms with E-state index in [1.165, 1.54) is 0 Å². The van der Waals surface area contributed by atoms with Gasteiger partial charge >= 0.3 is 5.97 Å². The molecule has 7 nitrogen and oxygen atoms in total. The van der Waals surface area contributed by atoms with E-state index < -0.39 is 5.97 Å². The Balaban J connectivity index is 1.96. The summed E-state index contributed by atoms with van der Waals surface area (Å²) in [5, 5.41) is 18.4. The summed E-state index contributed by atoms with van der Waals surface area (Å²) in [6, 6.07) is 21.8. The number of carbonyl (C=O) groups is 1. The minimum atomic E-state index is -0.458. The van der Waals surface area contributed by atoms with Gasteiger partial charge in [0.2, 0.25) is 0 Å². The normalized spacial score (nSPS) is 10.8. The van der Waals surface area contributed by atoms with Crippen LogP contribution in [0.25, 0.3) is 22.8 Å². The summed E-state index contributed by atoms with van der Waals surface area (Å²) >= 11 is 0. The fourth-order valence-electron chi connectivity index (χ4n) is 3.51. The van der Waals surface area contributed by atoms with Gasteiger partial charge in [-0.15, -0.1) is 0 Å². The first-order chi connectivity index (χ1) is 17.0. The van der Waals surface area contributed by atoms with Crippen molar-refractivity contribution in [2.45, 2.75) is 19.8 Å². The van der Waals surface area contributed by atoms with Crippen LogP contribution in [0.4, 0.5) is 11.4 Å². The van der Waals surface area contributed by atoms with Crippen LogP contribution in [0.1, 0.15) is 41.3 Å². The molecule has 3 aromatic carbocycles. The summed E-state index contributed by atoms with van der Waals surface area (Å²) in [4.78, 5) is 12.6. The van der Waals surface area contributed by atoms with E-state index in [-0.39, 0.29) is 6.61 Å². The highest BCUT2D eigenvalue weighted by Gasteiger charge is 2.17. The molecule has 176 valence electrons. The molecule has 0 bridgehead atoms. The first-order valence-corrected chi connectivity index (χ1v) is 11.1. The van der Waals surface area contributed by atoms with Gasteiger partial charge in [-0.1, -0.05) is 12.1 Å². The molecule has 35 heavy (non-hydrogen) atoms. The Bertz CT molecular complexity index is 1320. The van der Waals surface area contributed by atoms with Gasteiger partial charge in [0.15, 0.2) is 0 Å². The smallest absolute Gasteiger partial charge is 0.338 e. The summed E-state index contributed by atoms with van der Waals surface area (Å²) in [6.45, 7) is 2.44. The molecule has 0 saturated carbocycles. The molecule has 3 aromatic rings. The maximum atomic E-state index is 12.6. The Morgan fingerprint density at radius 1 is 1.00 bits per heavy atom. The Morgan fingerprint density at radius 2 is 1.77 bits per heavy atom. The molecule has 0 unspecified atom stereocenters. The zero-order valence-corrected chi connectivity index (χ0v) is 19.5. The number of anilines is 2. The number of benzene rings is 3. The second-order valence-electron chi connectivity index (χ2n) is 7.68. The van der Waals surface area contributed by atoms with E-state index in [9.17, 15) is 10.1 Å². The van der Waals surface area contributed by atoms with Crippen molar-refractivity contribution >= 4 is 29.0 Å². The van der Waals surface area contributed by atoms with E-state index in [4.69, 9.17) is 26.2 Å². The van der Waals surface area contributed by atoms with Crippen molar-refractivity contribution in [1.82, 2.24) is 0 Å². The van der Waals surface area contributed by atoms with Crippen LogP contribution in [-0.2, 0) is 4.74 Å². The van der Waals surface area contributed by atoms with Crippen molar-refractivity contribution in [3.63, 3.8) is 0 Å². The standard InChI is InChI=1S/C28H26N4O3/c1-2-34-28(33)25-11-5-19(16-26(25)24-12-8-22(31)17-27(24)32)15-21(18-30)20-6-9-23(10-7-20)35-14-4-3-13-29/h5-12,15-17H,2-4,14,31-32H2,1H3/b21-15+. The molecule has 0 fully saturated rings. The zero-order chi connectivity index (χ0) is 25.2. The number of allylic oxidation sites excluding steroid dienone is 1. The van der Waals surface area contributed by atoms with E-state index >= 15 is 0 Å². The second kappa shape index (κ2) is 11.9. The van der Waals surface area contributed by atoms with Gasteiger partial charge in [0.25, 0.3) is 0 Å². The van der Waals surface area contributed by atoms with Gasteiger partial charge in [0, 0.05) is 23.4 Å². The number of hydrogen-bond acceptors (Lipinski definition) is 7. The highest BCUT2D eigenvalue weighted by molar-refractivity contribution is 6.00. The van der Waals surface area contributed by atoms with Crippen molar-refractivity contribution in [1.29, 1.82) is 10.5 Å². The molecule has 0 atom stereocenters. The molecule has 0 aliphatic carbocycles. The predicted octanol–water partition coefficient (Wildman–Crippen LogP) is 5.44. The fraction of sp³-hybridized carbons (Fsp3) is 0.179. The average molecular weight is 467 g/mol. The highest BCUT2D eigenvalue weighted by atomic mass is 16.5. The summed E-state index contributed by atoms with van der Waals surface area (Å²) in [5.74, 6) is 0.212. The third-order valence-electron chi connectivity index (χ3n) is 5.20. The van der Waals surface area contributed by atoms with Crippen molar-refractivity contribution in [2.75, 3.05) is 24.7 Å². The van der Waals surface area contributed by atoms with E-state index in [0.29, 0.717) is 58.8 Å². The largest absolute Gasteiger partial charge is 0.494 e. The van der Waals surface area contributed by atoms with Gasteiger partial charge in [0.05, 0.1) is 36.5 Å². The average Bonchev–Trinajstić information content (AvgIpc) is 2.86. The van der Waals surface area contributed by atoms with Crippen LogP contribution < -0.4 is 16.2 Å². The first kappa shape index (κ1) is 24.9. The molecular weight excluding hydrogens is 440 g/mol. The number of hydrogen-bond donors (Lipinski definition) is 2. The molecule has 0 aromatic heterocycles. The molecule has 0 saturated heterocycles. The van der Waals surface area contributed by atoms with Gasteiger partial charge in [0.1, 0.15) is 5.75 Å². The molecule has 0 spiro atoms. The third kappa shape index (κ3) is 6.40. The number of carbonyl (C=O) groups excluding carboxylic acids is 1. The van der Waals surface area contributed by atoms with Gasteiger partial charge in [-0.2, -0.15) is 10.5 Å². The van der Waals surface area contributed by atoms with E-state index in [2.05, 4.69) is 12.1 Å². The lowest BCUT2D eigenvalue weighted by atomic mass is 9.94. The molecule has 0 amide bonds. The maximum Gasteiger partial charge on any atom is 0.338 e. The Morgan fingerprint density at radius 3 is 2.43 bits per heavy atom. The summed E-state index contributed by atoms with van der Waals surface area (Å²) < 4.78 is 10.8. The van der Waals surface area contributed by atoms with Gasteiger partial charge < -0.3 is 20.9 Å². The maximum absolute atomic E-state index is 12.6. The Hall–Kier alpha value is -4.75. The lowest BCUT2D eigenvalue weighted by Gasteiger charge is -2.13. The van der Waals surface area contributed by atoms with Crippen LogP contribution in [0.2, 0.25) is 0 Å². The number of nitrogens with zero attached hydrogens (tertiary/aromatic N) is 2. The molecule has 0 aliphatic rings. The van der Waals surface area contributed by atoms with Crippen molar-refractivity contribution in [3.8, 4) is 29.0 Å². The number of unbranched alkanes of at least 4 members (excludes halogenated alkanes) is 1. The predicted molar refractivity (Wildman–Crippen MR) is 137 cm³/mol. The van der Waals surface area contributed by atoms with E-state index in [0.717, 1.165) is 11.1 Å². The molecule has 0 heterocycles. The number of nitrogen functional groups attached to an aromatic ring is 2. The molecular formula is C28H26N4O3. The Labute approximate surface area is 204 Å². The van der Waals surface area contributed by atoms with Crippen LogP contribution in [0.5, 0.6) is 5.75 Å². The zero-order valence-electron chi connectivity index (χ0n) is 19.5. The molecule has 0 aliphatic heterocycles. The molecule has 3 rings (SSSR count). The highest BCUT2D eigenvalue weighted by Crippen LogP contribution is 2.33. The quantitative estimate of drug-likeness (QED) is 0.141. The monoisotopic (exact) mass is 466 g/mol. The van der Waals surface area contributed by atoms with Crippen LogP contribution >= 0.6 is 0 Å². The van der Waals surface area contributed by atoms with Crippen LogP contribution in [0.15, 0.2) is 60.7 Å². The van der Waals surface area contributed by atoms with Gasteiger partial charge in [-0.3, -0.25) is 0 Å². The number of rotatable bonds is 9. The van der Waals surface area contributed by atoms with Crippen LogP contribution in [-0.4, -0.2) is 19.2 Å². The van der Waals surface area contributed by atoms with Crippen molar-refractivity contribution in [3.05, 3.63) is 77.4 Å². The van der Waals surface area contributed by atoms with E-state index in [1.54, 1.807) is 73.7 Å². The van der Waals surface area contributed by atoms with Gasteiger partial charge in [-0.25, -0.2) is 4.79 Å². The van der Waals surface area contributed by atoms with Crippen LogP contribution in [0, 0.1) is 22.7 Å². The molecule has 7 heteroatoms. The van der Waals surface area contributed by atoms with Crippen LogP contribution in [0.3, 0.4) is 0 Å². The third-order valence-corrected chi connectivity index (χ3v) is 5.20.